The fourth-order valence-corrected chi connectivity index (χ4v) is 2.84. The summed E-state index contributed by atoms with van der Waals surface area (Å²) in [5, 5.41) is 2.33. The van der Waals surface area contributed by atoms with Crippen LogP contribution in [-0.2, 0) is 4.74 Å². The molecule has 112 valence electrons. The van der Waals surface area contributed by atoms with E-state index in [1.165, 1.54) is 10.8 Å². The number of hydrogen-bond acceptors (Lipinski definition) is 3. The van der Waals surface area contributed by atoms with E-state index in [0.717, 1.165) is 31.3 Å². The number of nitrogens with zero attached hydrogens (tertiary/aromatic N) is 2. The van der Waals surface area contributed by atoms with Crippen molar-refractivity contribution in [3.63, 3.8) is 0 Å². The molecule has 0 aliphatic carbocycles. The van der Waals surface area contributed by atoms with Crippen LogP contribution in [0.25, 0.3) is 6.20 Å². The number of ether oxygens (including phenoxy) is 1. The van der Waals surface area contributed by atoms with Crippen molar-refractivity contribution in [2.45, 2.75) is 45.1 Å². The first-order valence-electron chi connectivity index (χ1n) is 7.58. The molecule has 1 saturated heterocycles. The summed E-state index contributed by atoms with van der Waals surface area (Å²) in [7, 11) is 0. The number of likely N-dealkylation sites (tertiary alicyclic amines) is 1. The number of piperidine rings is 1. The molecule has 0 radical (unpaired) electrons. The minimum Gasteiger partial charge on any atom is -0.444 e. The van der Waals surface area contributed by atoms with Gasteiger partial charge in [-0.25, -0.2) is 4.79 Å². The first-order chi connectivity index (χ1) is 9.92. The summed E-state index contributed by atoms with van der Waals surface area (Å²) < 4.78 is 5.43. The van der Waals surface area contributed by atoms with E-state index >= 15 is 0 Å². The number of carbonyl (C=O) groups excluding carboxylic acids is 1. The predicted octanol–water partition coefficient (Wildman–Crippen LogP) is 2.17. The van der Waals surface area contributed by atoms with Crippen LogP contribution >= 0.6 is 0 Å². The Balaban J connectivity index is 1.60. The molecule has 2 aliphatic heterocycles. The average molecular weight is 286 g/mol. The minimum absolute atomic E-state index is 0.190. The molecule has 4 nitrogen and oxygen atoms in total. The Bertz CT molecular complexity index is 665. The molecule has 0 spiro atoms. The third-order valence-corrected chi connectivity index (χ3v) is 4.01. The standard InChI is InChI=1S/C17H22N2O2/c1-17(2,3)21-16(20)19-8-6-12(7-9-19)13-4-5-15-14(10-13)11-18-15/h4-5,10-12H,6-9H2,1-3H3. The predicted molar refractivity (Wildman–Crippen MR) is 81.5 cm³/mol. The van der Waals surface area contributed by atoms with Gasteiger partial charge in [-0.1, -0.05) is 6.07 Å². The highest BCUT2D eigenvalue weighted by molar-refractivity contribution is 5.68. The van der Waals surface area contributed by atoms with E-state index < -0.39 is 5.60 Å². The topological polar surface area (TPSA) is 41.9 Å². The Morgan fingerprint density at radius 1 is 1.29 bits per heavy atom. The van der Waals surface area contributed by atoms with E-state index in [2.05, 4.69) is 23.2 Å². The van der Waals surface area contributed by atoms with E-state index in [4.69, 9.17) is 4.74 Å². The van der Waals surface area contributed by atoms with Gasteiger partial charge in [-0.15, -0.1) is 0 Å². The van der Waals surface area contributed by atoms with Crippen LogP contribution in [0.5, 0.6) is 0 Å². The molecule has 0 bridgehead atoms. The van der Waals surface area contributed by atoms with Gasteiger partial charge in [0.2, 0.25) is 0 Å². The van der Waals surface area contributed by atoms with Crippen molar-refractivity contribution in [1.82, 2.24) is 4.90 Å². The third-order valence-electron chi connectivity index (χ3n) is 4.01. The Morgan fingerprint density at radius 3 is 2.52 bits per heavy atom. The second-order valence-corrected chi connectivity index (χ2v) is 6.82. The Morgan fingerprint density at radius 2 is 2.00 bits per heavy atom. The number of hydrogen-bond donors (Lipinski definition) is 0. The summed E-state index contributed by atoms with van der Waals surface area (Å²) in [6.07, 6.45) is 3.71. The molecule has 1 fully saturated rings. The quantitative estimate of drug-likeness (QED) is 0.794. The Hall–Kier alpha value is -1.84. The largest absolute Gasteiger partial charge is 0.444 e. The molecule has 0 aromatic heterocycles. The Labute approximate surface area is 125 Å². The first-order valence-corrected chi connectivity index (χ1v) is 7.58. The molecular formula is C17H22N2O2. The highest BCUT2D eigenvalue weighted by Crippen LogP contribution is 2.27. The van der Waals surface area contributed by atoms with E-state index in [1.807, 2.05) is 31.9 Å². The summed E-state index contributed by atoms with van der Waals surface area (Å²) in [6.45, 7) is 7.25. The van der Waals surface area contributed by atoms with Crippen molar-refractivity contribution in [2.24, 2.45) is 4.99 Å². The molecule has 0 saturated carbocycles. The zero-order valence-corrected chi connectivity index (χ0v) is 12.9. The molecule has 3 rings (SSSR count). The van der Waals surface area contributed by atoms with Gasteiger partial charge >= 0.3 is 6.09 Å². The summed E-state index contributed by atoms with van der Waals surface area (Å²) in [6, 6.07) is 6.49. The van der Waals surface area contributed by atoms with Gasteiger partial charge in [0.1, 0.15) is 5.60 Å². The van der Waals surface area contributed by atoms with Crippen LogP contribution in [-0.4, -0.2) is 29.7 Å². The van der Waals surface area contributed by atoms with Crippen LogP contribution in [0.1, 0.15) is 45.1 Å². The van der Waals surface area contributed by atoms with Gasteiger partial charge in [0, 0.05) is 24.5 Å². The molecule has 0 unspecified atom stereocenters. The summed E-state index contributed by atoms with van der Waals surface area (Å²) >= 11 is 0. The molecule has 1 aromatic carbocycles. The lowest BCUT2D eigenvalue weighted by Gasteiger charge is -2.33. The van der Waals surface area contributed by atoms with Crippen molar-refractivity contribution < 1.29 is 9.53 Å². The summed E-state index contributed by atoms with van der Waals surface area (Å²) in [5.74, 6) is 0.531. The molecule has 0 atom stereocenters. The van der Waals surface area contributed by atoms with Gasteiger partial charge in [-0.05, 0) is 57.2 Å². The van der Waals surface area contributed by atoms with Gasteiger partial charge in [0.15, 0.2) is 0 Å². The van der Waals surface area contributed by atoms with Crippen LogP contribution < -0.4 is 10.6 Å². The molecule has 0 N–H and O–H groups in total. The van der Waals surface area contributed by atoms with Crippen molar-refractivity contribution >= 4 is 12.3 Å². The zero-order chi connectivity index (χ0) is 15.0. The van der Waals surface area contributed by atoms with Gasteiger partial charge in [-0.3, -0.25) is 4.99 Å². The number of amides is 1. The molecule has 2 heterocycles. The van der Waals surface area contributed by atoms with Crippen LogP contribution in [0.4, 0.5) is 4.79 Å². The van der Waals surface area contributed by atoms with Crippen molar-refractivity contribution in [1.29, 1.82) is 0 Å². The maximum Gasteiger partial charge on any atom is 0.410 e. The van der Waals surface area contributed by atoms with E-state index in [0.29, 0.717) is 5.92 Å². The van der Waals surface area contributed by atoms with Gasteiger partial charge in [0.05, 0.1) is 5.36 Å². The van der Waals surface area contributed by atoms with Crippen LogP contribution in [0.15, 0.2) is 23.2 Å². The second-order valence-electron chi connectivity index (χ2n) is 6.82. The number of carbonyl (C=O) groups is 1. The van der Waals surface area contributed by atoms with E-state index in [9.17, 15) is 4.79 Å². The lowest BCUT2D eigenvalue weighted by atomic mass is 9.89. The fraction of sp³-hybridized carbons (Fsp3) is 0.529. The van der Waals surface area contributed by atoms with Crippen LogP contribution in [0.2, 0.25) is 0 Å². The normalized spacial score (nSPS) is 18.1. The first kappa shape index (κ1) is 14.1. The summed E-state index contributed by atoms with van der Waals surface area (Å²) in [4.78, 5) is 18.1. The monoisotopic (exact) mass is 286 g/mol. The van der Waals surface area contributed by atoms with Crippen molar-refractivity contribution in [2.75, 3.05) is 13.1 Å². The second kappa shape index (κ2) is 5.17. The Kier molecular flexibility index (Phi) is 3.47. The number of benzene rings is 1. The highest BCUT2D eigenvalue weighted by Gasteiger charge is 2.27. The average Bonchev–Trinajstić information content (AvgIpc) is 2.39. The maximum absolute atomic E-state index is 12.1. The molecule has 2 aliphatic rings. The SMILES string of the molecule is CC(C)(C)OC(=O)N1CCC(c2ccc3c(c2)=CN=3)CC1. The van der Waals surface area contributed by atoms with Crippen LogP contribution in [0, 0.1) is 0 Å². The molecule has 21 heavy (non-hydrogen) atoms. The lowest BCUT2D eigenvalue weighted by Crippen LogP contribution is -2.41. The van der Waals surface area contributed by atoms with Crippen LogP contribution in [0.3, 0.4) is 0 Å². The highest BCUT2D eigenvalue weighted by atomic mass is 16.6. The molecular weight excluding hydrogens is 264 g/mol. The number of rotatable bonds is 1. The molecule has 4 heteroatoms. The van der Waals surface area contributed by atoms with Crippen molar-refractivity contribution in [3.8, 4) is 0 Å². The fourth-order valence-electron chi connectivity index (χ4n) is 2.84. The number of fused-ring (bicyclic) bond motifs is 1. The third kappa shape index (κ3) is 3.09. The van der Waals surface area contributed by atoms with E-state index in [1.54, 1.807) is 0 Å². The van der Waals surface area contributed by atoms with Crippen molar-refractivity contribution in [3.05, 3.63) is 34.3 Å². The molecule has 1 amide bonds. The van der Waals surface area contributed by atoms with Gasteiger partial charge in [0.25, 0.3) is 0 Å². The van der Waals surface area contributed by atoms with E-state index in [-0.39, 0.29) is 6.09 Å². The van der Waals surface area contributed by atoms with Gasteiger partial charge in [-0.2, -0.15) is 0 Å². The lowest BCUT2D eigenvalue weighted by molar-refractivity contribution is 0.0205. The van der Waals surface area contributed by atoms with Gasteiger partial charge < -0.3 is 9.64 Å². The maximum atomic E-state index is 12.1. The summed E-state index contributed by atoms with van der Waals surface area (Å²) in [5.41, 5.74) is 0.943. The molecule has 1 aromatic rings. The smallest absolute Gasteiger partial charge is 0.410 e. The zero-order valence-electron chi connectivity index (χ0n) is 12.9. The minimum atomic E-state index is -0.422.